The molecule has 2 fully saturated rings. The summed E-state index contributed by atoms with van der Waals surface area (Å²) in [5.41, 5.74) is 0. The highest BCUT2D eigenvalue weighted by molar-refractivity contribution is 4.96. The maximum absolute atomic E-state index is 8.20. The maximum atomic E-state index is 8.20. The van der Waals surface area contributed by atoms with Crippen molar-refractivity contribution >= 4 is 0 Å². The Hall–Kier alpha value is -0.0800. The molecule has 46 valence electrons. The van der Waals surface area contributed by atoms with Gasteiger partial charge >= 0.3 is 0 Å². The molecule has 1 N–H and O–H groups in total. The molecule has 0 aromatic heterocycles. The van der Waals surface area contributed by atoms with E-state index < -0.39 is 0 Å². The summed E-state index contributed by atoms with van der Waals surface area (Å²) in [6.07, 6.45) is 3.76. The lowest BCUT2D eigenvalue weighted by molar-refractivity contribution is -0.278. The van der Waals surface area contributed by atoms with Gasteiger partial charge in [-0.25, -0.2) is 4.89 Å². The van der Waals surface area contributed by atoms with Gasteiger partial charge in [0, 0.05) is 0 Å². The van der Waals surface area contributed by atoms with Crippen LogP contribution in [0.3, 0.4) is 0 Å². The summed E-state index contributed by atoms with van der Waals surface area (Å²) < 4.78 is 0. The summed E-state index contributed by atoms with van der Waals surface area (Å²) in [6.45, 7) is 0. The first kappa shape index (κ1) is 4.77. The van der Waals surface area contributed by atoms with Crippen LogP contribution in [0.1, 0.15) is 19.3 Å². The zero-order valence-electron chi connectivity index (χ0n) is 4.71. The molecular weight excluding hydrogens is 104 g/mol. The Morgan fingerprint density at radius 2 is 1.75 bits per heavy atom. The zero-order valence-corrected chi connectivity index (χ0v) is 4.71. The monoisotopic (exact) mass is 114 g/mol. The Morgan fingerprint density at radius 1 is 1.12 bits per heavy atom. The molecule has 0 saturated heterocycles. The zero-order chi connectivity index (χ0) is 5.56. The highest BCUT2D eigenvalue weighted by Gasteiger charge is 2.46. The molecule has 0 spiro atoms. The minimum absolute atomic E-state index is 0.179. The topological polar surface area (TPSA) is 29.5 Å². The molecule has 0 bridgehead atoms. The van der Waals surface area contributed by atoms with E-state index in [1.165, 1.54) is 6.42 Å². The van der Waals surface area contributed by atoms with E-state index in [1.807, 2.05) is 0 Å². The average molecular weight is 114 g/mol. The highest BCUT2D eigenvalue weighted by atomic mass is 17.1. The minimum Gasteiger partial charge on any atom is -0.252 e. The Kier molecular flexibility index (Phi) is 0.866. The van der Waals surface area contributed by atoms with Crippen molar-refractivity contribution in [3.63, 3.8) is 0 Å². The van der Waals surface area contributed by atoms with E-state index in [0.29, 0.717) is 0 Å². The van der Waals surface area contributed by atoms with Crippen molar-refractivity contribution in [1.29, 1.82) is 0 Å². The van der Waals surface area contributed by atoms with Crippen LogP contribution in [-0.4, -0.2) is 11.4 Å². The molecule has 0 heterocycles. The second kappa shape index (κ2) is 1.45. The third-order valence-electron chi connectivity index (χ3n) is 2.35. The smallest absolute Gasteiger partial charge is 0.0932 e. The van der Waals surface area contributed by atoms with Gasteiger partial charge in [0.25, 0.3) is 0 Å². The standard InChI is InChI=1S/C6H10O2/c7-8-6-2-4-1-5(4)3-6/h4-7H,1-3H2/t4-,5?,6?/m1/s1. The van der Waals surface area contributed by atoms with E-state index in [1.54, 1.807) is 0 Å². The molecule has 2 nitrogen and oxygen atoms in total. The van der Waals surface area contributed by atoms with Crippen LogP contribution in [-0.2, 0) is 4.89 Å². The number of hydrogen-bond acceptors (Lipinski definition) is 2. The lowest BCUT2D eigenvalue weighted by Gasteiger charge is -2.03. The van der Waals surface area contributed by atoms with E-state index >= 15 is 0 Å². The summed E-state index contributed by atoms with van der Waals surface area (Å²) in [7, 11) is 0. The van der Waals surface area contributed by atoms with Crippen molar-refractivity contribution < 1.29 is 10.1 Å². The fraction of sp³-hybridized carbons (Fsp3) is 1.00. The van der Waals surface area contributed by atoms with Gasteiger partial charge in [-0.1, -0.05) is 0 Å². The van der Waals surface area contributed by atoms with E-state index in [2.05, 4.69) is 4.89 Å². The molecule has 2 rings (SSSR count). The van der Waals surface area contributed by atoms with Gasteiger partial charge in [-0.3, -0.25) is 5.26 Å². The van der Waals surface area contributed by atoms with Gasteiger partial charge in [0.15, 0.2) is 0 Å². The molecular formula is C6H10O2. The van der Waals surface area contributed by atoms with Crippen LogP contribution in [0.25, 0.3) is 0 Å². The first-order valence-corrected chi connectivity index (χ1v) is 3.20. The third-order valence-corrected chi connectivity index (χ3v) is 2.35. The summed E-state index contributed by atoms with van der Waals surface area (Å²) >= 11 is 0. The second-order valence-electron chi connectivity index (χ2n) is 2.95. The highest BCUT2D eigenvalue weighted by Crippen LogP contribution is 2.52. The normalized spacial score (nSPS) is 51.4. The lowest BCUT2D eigenvalue weighted by atomic mass is 10.2. The van der Waals surface area contributed by atoms with E-state index in [-0.39, 0.29) is 6.10 Å². The summed E-state index contributed by atoms with van der Waals surface area (Å²) in [5, 5.41) is 8.20. The van der Waals surface area contributed by atoms with Gasteiger partial charge in [0.2, 0.25) is 0 Å². The van der Waals surface area contributed by atoms with Gasteiger partial charge in [-0.2, -0.15) is 0 Å². The van der Waals surface area contributed by atoms with Crippen LogP contribution in [0.4, 0.5) is 0 Å². The molecule has 0 aromatic carbocycles. The van der Waals surface area contributed by atoms with Crippen molar-refractivity contribution in [3.8, 4) is 0 Å². The minimum atomic E-state index is 0.179. The Balaban J connectivity index is 1.89. The van der Waals surface area contributed by atoms with E-state index in [9.17, 15) is 0 Å². The predicted molar refractivity (Wildman–Crippen MR) is 28.3 cm³/mol. The van der Waals surface area contributed by atoms with Crippen molar-refractivity contribution in [2.24, 2.45) is 11.8 Å². The molecule has 2 aliphatic carbocycles. The average Bonchev–Trinajstić information content (AvgIpc) is 2.40. The Labute approximate surface area is 48.4 Å². The van der Waals surface area contributed by atoms with Gasteiger partial charge in [0.05, 0.1) is 6.10 Å². The lowest BCUT2D eigenvalue weighted by Crippen LogP contribution is -2.06. The van der Waals surface area contributed by atoms with Crippen LogP contribution in [0, 0.1) is 11.8 Å². The first-order chi connectivity index (χ1) is 3.90. The van der Waals surface area contributed by atoms with E-state index in [0.717, 1.165) is 24.7 Å². The Morgan fingerprint density at radius 3 is 2.12 bits per heavy atom. The van der Waals surface area contributed by atoms with Crippen LogP contribution in [0.15, 0.2) is 0 Å². The summed E-state index contributed by atoms with van der Waals surface area (Å²) in [5.74, 6) is 1.82. The molecule has 2 aliphatic rings. The Bertz CT molecular complexity index is 92.7. The molecule has 2 saturated carbocycles. The molecule has 2 heteroatoms. The number of rotatable bonds is 1. The van der Waals surface area contributed by atoms with Crippen molar-refractivity contribution in [2.75, 3.05) is 0 Å². The van der Waals surface area contributed by atoms with Gasteiger partial charge < -0.3 is 0 Å². The molecule has 8 heavy (non-hydrogen) atoms. The summed E-state index contributed by atoms with van der Waals surface area (Å²) in [4.78, 5) is 4.21. The predicted octanol–water partition coefficient (Wildman–Crippen LogP) is 1.27. The quantitative estimate of drug-likeness (QED) is 0.411. The first-order valence-electron chi connectivity index (χ1n) is 3.20. The van der Waals surface area contributed by atoms with Crippen molar-refractivity contribution in [1.82, 2.24) is 0 Å². The van der Waals surface area contributed by atoms with E-state index in [4.69, 9.17) is 5.26 Å². The van der Waals surface area contributed by atoms with Gasteiger partial charge in [-0.05, 0) is 31.1 Å². The van der Waals surface area contributed by atoms with Gasteiger partial charge in [0.1, 0.15) is 0 Å². The van der Waals surface area contributed by atoms with Crippen LogP contribution in [0.5, 0.6) is 0 Å². The SMILES string of the molecule is OOC1CC2C[C@@H]2C1. The van der Waals surface area contributed by atoms with Gasteiger partial charge in [-0.15, -0.1) is 0 Å². The van der Waals surface area contributed by atoms with Crippen LogP contribution >= 0.6 is 0 Å². The van der Waals surface area contributed by atoms with Crippen molar-refractivity contribution in [2.45, 2.75) is 25.4 Å². The fourth-order valence-corrected chi connectivity index (χ4v) is 1.75. The molecule has 0 aliphatic heterocycles. The van der Waals surface area contributed by atoms with Crippen LogP contribution in [0.2, 0.25) is 0 Å². The fourth-order valence-electron chi connectivity index (χ4n) is 1.75. The second-order valence-corrected chi connectivity index (χ2v) is 2.95. The number of fused-ring (bicyclic) bond motifs is 1. The van der Waals surface area contributed by atoms with Crippen LogP contribution < -0.4 is 0 Å². The molecule has 0 radical (unpaired) electrons. The molecule has 3 atom stereocenters. The maximum Gasteiger partial charge on any atom is 0.0932 e. The number of hydrogen-bond donors (Lipinski definition) is 1. The third kappa shape index (κ3) is 0.565. The molecule has 0 aromatic rings. The molecule has 2 unspecified atom stereocenters. The largest absolute Gasteiger partial charge is 0.252 e. The van der Waals surface area contributed by atoms with Crippen molar-refractivity contribution in [3.05, 3.63) is 0 Å². The summed E-state index contributed by atoms with van der Waals surface area (Å²) in [6, 6.07) is 0. The molecule has 0 amide bonds.